The zero-order chi connectivity index (χ0) is 13.8. The lowest BCUT2D eigenvalue weighted by molar-refractivity contribution is 0.102. The first-order valence-electron chi connectivity index (χ1n) is 5.26. The van der Waals surface area contributed by atoms with Crippen LogP contribution in [-0.2, 0) is 0 Å². The molecule has 0 fully saturated rings. The Kier molecular flexibility index (Phi) is 4.24. The van der Waals surface area contributed by atoms with Crippen LogP contribution in [0.1, 0.15) is 10.4 Å². The molecule has 0 aliphatic carbocycles. The number of thioether (sulfide) groups is 1. The Morgan fingerprint density at radius 2 is 2.05 bits per heavy atom. The van der Waals surface area contributed by atoms with Gasteiger partial charge in [0.15, 0.2) is 10.9 Å². The number of nitrogens with zero attached hydrogens (tertiary/aromatic N) is 1. The molecule has 1 aromatic carbocycles. The van der Waals surface area contributed by atoms with Crippen LogP contribution in [0.2, 0.25) is 5.02 Å². The number of aromatic hydroxyl groups is 1. The lowest BCUT2D eigenvalue weighted by Gasteiger charge is -2.01. The SMILES string of the molecule is O=C(CSc1nc(O)cc(=O)[nH]1)c1ccc(Cl)cc1. The molecule has 98 valence electrons. The van der Waals surface area contributed by atoms with Gasteiger partial charge < -0.3 is 10.1 Å². The number of Topliss-reactive ketones (excluding diaryl/α,β-unsaturated/α-hetero) is 1. The maximum Gasteiger partial charge on any atom is 0.255 e. The predicted octanol–water partition coefficient (Wildman–Crippen LogP) is 2.10. The zero-order valence-electron chi connectivity index (χ0n) is 9.59. The Bertz CT molecular complexity index is 655. The molecule has 2 N–H and O–H groups in total. The molecule has 0 bridgehead atoms. The number of ketones is 1. The molecule has 2 rings (SSSR count). The van der Waals surface area contributed by atoms with E-state index in [2.05, 4.69) is 9.97 Å². The van der Waals surface area contributed by atoms with Crippen molar-refractivity contribution in [2.45, 2.75) is 5.16 Å². The average Bonchev–Trinajstić information content (AvgIpc) is 2.36. The van der Waals surface area contributed by atoms with Gasteiger partial charge >= 0.3 is 0 Å². The normalized spacial score (nSPS) is 10.4. The smallest absolute Gasteiger partial charge is 0.255 e. The zero-order valence-corrected chi connectivity index (χ0v) is 11.2. The van der Waals surface area contributed by atoms with E-state index in [1.165, 1.54) is 0 Å². The van der Waals surface area contributed by atoms with Crippen LogP contribution in [0.25, 0.3) is 0 Å². The van der Waals surface area contributed by atoms with Gasteiger partial charge in [-0.2, -0.15) is 4.98 Å². The van der Waals surface area contributed by atoms with Crippen LogP contribution in [-0.4, -0.2) is 26.6 Å². The number of halogens is 1. The number of aromatic nitrogens is 2. The Balaban J connectivity index is 2.04. The third kappa shape index (κ3) is 3.84. The molecule has 0 aliphatic heterocycles. The van der Waals surface area contributed by atoms with E-state index in [0.717, 1.165) is 17.8 Å². The van der Waals surface area contributed by atoms with Gasteiger partial charge in [0.2, 0.25) is 5.88 Å². The summed E-state index contributed by atoms with van der Waals surface area (Å²) in [6, 6.07) is 7.49. The second-order valence-electron chi connectivity index (χ2n) is 3.63. The second-order valence-corrected chi connectivity index (χ2v) is 5.03. The third-order valence-electron chi connectivity index (χ3n) is 2.21. The lowest BCUT2D eigenvalue weighted by Crippen LogP contribution is -2.08. The van der Waals surface area contributed by atoms with Gasteiger partial charge in [-0.05, 0) is 24.3 Å². The molecule has 0 spiro atoms. The van der Waals surface area contributed by atoms with Crippen LogP contribution in [0, 0.1) is 0 Å². The van der Waals surface area contributed by atoms with E-state index in [9.17, 15) is 9.59 Å². The molecule has 0 radical (unpaired) electrons. The molecular formula is C12H9ClN2O3S. The largest absolute Gasteiger partial charge is 0.493 e. The molecule has 0 saturated heterocycles. The summed E-state index contributed by atoms with van der Waals surface area (Å²) in [7, 11) is 0. The summed E-state index contributed by atoms with van der Waals surface area (Å²) in [5.74, 6) is -0.383. The molecule has 0 amide bonds. The van der Waals surface area contributed by atoms with Crippen molar-refractivity contribution >= 4 is 29.1 Å². The van der Waals surface area contributed by atoms with E-state index in [-0.39, 0.29) is 22.6 Å². The highest BCUT2D eigenvalue weighted by Crippen LogP contribution is 2.16. The van der Waals surface area contributed by atoms with E-state index < -0.39 is 5.56 Å². The summed E-state index contributed by atoms with van der Waals surface area (Å²) in [6.45, 7) is 0. The van der Waals surface area contributed by atoms with Crippen LogP contribution >= 0.6 is 23.4 Å². The first kappa shape index (κ1) is 13.6. The van der Waals surface area contributed by atoms with Gasteiger partial charge in [-0.1, -0.05) is 23.4 Å². The van der Waals surface area contributed by atoms with Crippen LogP contribution in [0.4, 0.5) is 0 Å². The Morgan fingerprint density at radius 1 is 1.37 bits per heavy atom. The summed E-state index contributed by atoms with van der Waals surface area (Å²) in [6.07, 6.45) is 0. The molecule has 1 heterocycles. The summed E-state index contributed by atoms with van der Waals surface area (Å²) in [5.41, 5.74) is 0.0633. The third-order valence-corrected chi connectivity index (χ3v) is 3.34. The number of benzene rings is 1. The Hall–Kier alpha value is -1.79. The summed E-state index contributed by atoms with van der Waals surface area (Å²) in [5, 5.41) is 9.92. The quantitative estimate of drug-likeness (QED) is 0.513. The van der Waals surface area contributed by atoms with Crippen LogP contribution in [0.15, 0.2) is 40.3 Å². The van der Waals surface area contributed by atoms with Crippen molar-refractivity contribution in [3.05, 3.63) is 51.3 Å². The molecule has 19 heavy (non-hydrogen) atoms. The van der Waals surface area contributed by atoms with Gasteiger partial charge in [0.25, 0.3) is 5.56 Å². The van der Waals surface area contributed by atoms with Crippen molar-refractivity contribution in [1.29, 1.82) is 0 Å². The molecule has 7 heteroatoms. The topological polar surface area (TPSA) is 83.0 Å². The van der Waals surface area contributed by atoms with Crippen molar-refractivity contribution in [2.24, 2.45) is 0 Å². The molecule has 0 atom stereocenters. The summed E-state index contributed by atoms with van der Waals surface area (Å²) in [4.78, 5) is 29.1. The highest BCUT2D eigenvalue weighted by molar-refractivity contribution is 7.99. The number of carbonyl (C=O) groups excluding carboxylic acids is 1. The number of H-pyrrole nitrogens is 1. The molecule has 1 aromatic heterocycles. The average molecular weight is 297 g/mol. The minimum atomic E-state index is -0.464. The number of rotatable bonds is 4. The fourth-order valence-corrected chi connectivity index (χ4v) is 2.24. The van der Waals surface area contributed by atoms with Crippen molar-refractivity contribution in [1.82, 2.24) is 9.97 Å². The number of hydrogen-bond acceptors (Lipinski definition) is 5. The van der Waals surface area contributed by atoms with E-state index in [4.69, 9.17) is 16.7 Å². The number of aromatic amines is 1. The fraction of sp³-hybridized carbons (Fsp3) is 0.0833. The van der Waals surface area contributed by atoms with Gasteiger partial charge in [0.05, 0.1) is 11.8 Å². The van der Waals surface area contributed by atoms with Gasteiger partial charge in [-0.3, -0.25) is 9.59 Å². The Labute approximate surface area is 117 Å². The van der Waals surface area contributed by atoms with Crippen molar-refractivity contribution in [3.63, 3.8) is 0 Å². The number of carbonyl (C=O) groups is 1. The van der Waals surface area contributed by atoms with E-state index in [1.807, 2.05) is 0 Å². The minimum absolute atomic E-state index is 0.105. The number of hydrogen-bond donors (Lipinski definition) is 2. The predicted molar refractivity (Wildman–Crippen MR) is 73.0 cm³/mol. The molecule has 2 aromatic rings. The minimum Gasteiger partial charge on any atom is -0.493 e. The molecule has 0 aliphatic rings. The maximum atomic E-state index is 11.9. The van der Waals surface area contributed by atoms with E-state index in [1.54, 1.807) is 24.3 Å². The molecular weight excluding hydrogens is 288 g/mol. The lowest BCUT2D eigenvalue weighted by atomic mass is 10.1. The monoisotopic (exact) mass is 296 g/mol. The summed E-state index contributed by atoms with van der Waals surface area (Å²) >= 11 is 6.78. The fourth-order valence-electron chi connectivity index (χ4n) is 1.34. The van der Waals surface area contributed by atoms with Crippen LogP contribution in [0.5, 0.6) is 5.88 Å². The highest BCUT2D eigenvalue weighted by Gasteiger charge is 2.08. The first-order chi connectivity index (χ1) is 9.04. The highest BCUT2D eigenvalue weighted by atomic mass is 35.5. The standard InChI is InChI=1S/C12H9ClN2O3S/c13-8-3-1-7(2-4-8)9(16)6-19-12-14-10(17)5-11(18)15-12/h1-5H,6H2,(H2,14,15,17,18). The van der Waals surface area contributed by atoms with Crippen LogP contribution < -0.4 is 5.56 Å². The summed E-state index contributed by atoms with van der Waals surface area (Å²) < 4.78 is 0. The van der Waals surface area contributed by atoms with Gasteiger partial charge in [0, 0.05) is 10.6 Å². The van der Waals surface area contributed by atoms with Crippen LogP contribution in [0.3, 0.4) is 0 Å². The van der Waals surface area contributed by atoms with Gasteiger partial charge in [-0.25, -0.2) is 0 Å². The molecule has 5 nitrogen and oxygen atoms in total. The first-order valence-corrected chi connectivity index (χ1v) is 6.63. The number of nitrogens with one attached hydrogen (secondary N) is 1. The maximum absolute atomic E-state index is 11.9. The van der Waals surface area contributed by atoms with Gasteiger partial charge in [0.1, 0.15) is 0 Å². The molecule has 0 saturated carbocycles. The second kappa shape index (κ2) is 5.90. The Morgan fingerprint density at radius 3 is 2.68 bits per heavy atom. The van der Waals surface area contributed by atoms with E-state index >= 15 is 0 Å². The van der Waals surface area contributed by atoms with Gasteiger partial charge in [-0.15, -0.1) is 0 Å². The van der Waals surface area contributed by atoms with Crippen molar-refractivity contribution in [3.8, 4) is 5.88 Å². The molecule has 0 unspecified atom stereocenters. The van der Waals surface area contributed by atoms with Crippen molar-refractivity contribution in [2.75, 3.05) is 5.75 Å². The van der Waals surface area contributed by atoms with E-state index in [0.29, 0.717) is 10.6 Å². The van der Waals surface area contributed by atoms with Crippen molar-refractivity contribution < 1.29 is 9.90 Å².